The minimum Gasteiger partial charge on any atom is -0.326 e. The molecule has 1 unspecified atom stereocenters. The first-order valence-electron chi connectivity index (χ1n) is 5.78. The SMILES string of the molecule is CS(=O)(=O)c1cccc(NC(=O)C2CCNC2)c1. The van der Waals surface area contributed by atoms with E-state index in [2.05, 4.69) is 10.6 Å². The van der Waals surface area contributed by atoms with Crippen molar-refractivity contribution < 1.29 is 13.2 Å². The number of rotatable bonds is 3. The third kappa shape index (κ3) is 3.08. The molecule has 2 N–H and O–H groups in total. The Hall–Kier alpha value is -1.40. The van der Waals surface area contributed by atoms with Gasteiger partial charge in [-0.1, -0.05) is 6.07 Å². The van der Waals surface area contributed by atoms with Crippen LogP contribution < -0.4 is 10.6 Å². The van der Waals surface area contributed by atoms with E-state index in [1.807, 2.05) is 0 Å². The van der Waals surface area contributed by atoms with Gasteiger partial charge in [-0.3, -0.25) is 4.79 Å². The van der Waals surface area contributed by atoms with Crippen LogP contribution in [-0.4, -0.2) is 33.7 Å². The van der Waals surface area contributed by atoms with Gasteiger partial charge in [-0.25, -0.2) is 8.42 Å². The van der Waals surface area contributed by atoms with E-state index >= 15 is 0 Å². The molecule has 1 heterocycles. The van der Waals surface area contributed by atoms with Crippen molar-refractivity contribution in [2.45, 2.75) is 11.3 Å². The maximum absolute atomic E-state index is 11.9. The average molecular weight is 268 g/mol. The van der Waals surface area contributed by atoms with Gasteiger partial charge in [-0.15, -0.1) is 0 Å². The molecule has 1 saturated heterocycles. The fourth-order valence-electron chi connectivity index (χ4n) is 1.93. The van der Waals surface area contributed by atoms with Crippen LogP contribution in [0.2, 0.25) is 0 Å². The largest absolute Gasteiger partial charge is 0.326 e. The number of benzene rings is 1. The van der Waals surface area contributed by atoms with Gasteiger partial charge in [0.1, 0.15) is 0 Å². The first kappa shape index (κ1) is 13.0. The monoisotopic (exact) mass is 268 g/mol. The number of sulfone groups is 1. The molecule has 1 aromatic carbocycles. The van der Waals surface area contributed by atoms with Gasteiger partial charge in [0, 0.05) is 18.5 Å². The first-order chi connectivity index (χ1) is 8.47. The van der Waals surface area contributed by atoms with Crippen LogP contribution in [0.1, 0.15) is 6.42 Å². The number of hydrogen-bond acceptors (Lipinski definition) is 4. The Morgan fingerprint density at radius 3 is 2.83 bits per heavy atom. The van der Waals surface area contributed by atoms with Gasteiger partial charge >= 0.3 is 0 Å². The molecule has 0 spiro atoms. The second kappa shape index (κ2) is 5.07. The van der Waals surface area contributed by atoms with Crippen molar-refractivity contribution in [3.63, 3.8) is 0 Å². The minimum absolute atomic E-state index is 0.0353. The Bertz CT molecular complexity index is 548. The standard InChI is InChI=1S/C12H16N2O3S/c1-18(16,17)11-4-2-3-10(7-11)14-12(15)9-5-6-13-8-9/h2-4,7,9,13H,5-6,8H2,1H3,(H,14,15). The molecule has 0 aromatic heterocycles. The molecule has 1 fully saturated rings. The van der Waals surface area contributed by atoms with Crippen LogP contribution in [-0.2, 0) is 14.6 Å². The number of amides is 1. The van der Waals surface area contributed by atoms with Crippen LogP contribution in [0.15, 0.2) is 29.2 Å². The molecule has 0 aliphatic carbocycles. The van der Waals surface area contributed by atoms with Crippen molar-refractivity contribution in [1.82, 2.24) is 5.32 Å². The van der Waals surface area contributed by atoms with E-state index in [9.17, 15) is 13.2 Å². The van der Waals surface area contributed by atoms with Crippen LogP contribution in [0, 0.1) is 5.92 Å². The zero-order valence-electron chi connectivity index (χ0n) is 10.1. The van der Waals surface area contributed by atoms with E-state index in [1.165, 1.54) is 12.1 Å². The third-order valence-corrected chi connectivity index (χ3v) is 4.07. The molecule has 2 rings (SSSR count). The fourth-order valence-corrected chi connectivity index (χ4v) is 2.59. The summed E-state index contributed by atoms with van der Waals surface area (Å²) in [5.74, 6) is -0.0995. The van der Waals surface area contributed by atoms with Crippen molar-refractivity contribution in [2.75, 3.05) is 24.7 Å². The molecule has 6 heteroatoms. The van der Waals surface area contributed by atoms with Gasteiger partial charge in [0.25, 0.3) is 0 Å². The minimum atomic E-state index is -3.24. The summed E-state index contributed by atoms with van der Waals surface area (Å²) < 4.78 is 22.8. The smallest absolute Gasteiger partial charge is 0.228 e. The summed E-state index contributed by atoms with van der Waals surface area (Å²) in [7, 11) is -3.24. The molecule has 0 bridgehead atoms. The van der Waals surface area contributed by atoms with Crippen LogP contribution >= 0.6 is 0 Å². The summed E-state index contributed by atoms with van der Waals surface area (Å²) in [6, 6.07) is 6.31. The zero-order valence-corrected chi connectivity index (χ0v) is 11.0. The summed E-state index contributed by atoms with van der Waals surface area (Å²) in [4.78, 5) is 12.1. The third-order valence-electron chi connectivity index (χ3n) is 2.96. The van der Waals surface area contributed by atoms with Crippen LogP contribution in [0.5, 0.6) is 0 Å². The predicted molar refractivity (Wildman–Crippen MR) is 69.2 cm³/mol. The molecule has 98 valence electrons. The maximum atomic E-state index is 11.9. The van der Waals surface area contributed by atoms with Crippen molar-refractivity contribution >= 4 is 21.4 Å². The molecule has 1 aliphatic rings. The predicted octanol–water partition coefficient (Wildman–Crippen LogP) is 0.638. The summed E-state index contributed by atoms with van der Waals surface area (Å²) in [6.07, 6.45) is 1.96. The van der Waals surface area contributed by atoms with Crippen molar-refractivity contribution in [2.24, 2.45) is 5.92 Å². The molecule has 0 radical (unpaired) electrons. The van der Waals surface area contributed by atoms with Crippen molar-refractivity contribution in [1.29, 1.82) is 0 Å². The number of anilines is 1. The van der Waals surface area contributed by atoms with E-state index in [-0.39, 0.29) is 16.7 Å². The van der Waals surface area contributed by atoms with Gasteiger partial charge in [0.05, 0.1) is 10.8 Å². The first-order valence-corrected chi connectivity index (χ1v) is 7.67. The number of hydrogen-bond donors (Lipinski definition) is 2. The molecule has 0 saturated carbocycles. The van der Waals surface area contributed by atoms with E-state index in [0.717, 1.165) is 19.2 Å². The Morgan fingerprint density at radius 2 is 2.22 bits per heavy atom. The lowest BCUT2D eigenvalue weighted by Crippen LogP contribution is -2.24. The van der Waals surface area contributed by atoms with Gasteiger partial charge < -0.3 is 10.6 Å². The highest BCUT2D eigenvalue weighted by Gasteiger charge is 2.22. The highest BCUT2D eigenvalue weighted by molar-refractivity contribution is 7.90. The van der Waals surface area contributed by atoms with E-state index < -0.39 is 9.84 Å². The van der Waals surface area contributed by atoms with Crippen LogP contribution in [0.25, 0.3) is 0 Å². The zero-order chi connectivity index (χ0) is 13.2. The molecule has 5 nitrogen and oxygen atoms in total. The van der Waals surface area contributed by atoms with Gasteiger partial charge in [-0.05, 0) is 31.2 Å². The summed E-state index contributed by atoms with van der Waals surface area (Å²) in [6.45, 7) is 1.53. The Labute approximate surface area is 107 Å². The fraction of sp³-hybridized carbons (Fsp3) is 0.417. The summed E-state index contributed by atoms with van der Waals surface area (Å²) in [5, 5.41) is 5.87. The molecule has 18 heavy (non-hydrogen) atoms. The lowest BCUT2D eigenvalue weighted by atomic mass is 10.1. The second-order valence-electron chi connectivity index (χ2n) is 4.48. The number of nitrogens with one attached hydrogen (secondary N) is 2. The average Bonchev–Trinajstić information content (AvgIpc) is 2.81. The lowest BCUT2D eigenvalue weighted by Gasteiger charge is -2.10. The molecular weight excluding hydrogens is 252 g/mol. The highest BCUT2D eigenvalue weighted by Crippen LogP contribution is 2.17. The number of carbonyl (C=O) groups is 1. The summed E-state index contributed by atoms with van der Waals surface area (Å²) in [5.41, 5.74) is 0.523. The molecular formula is C12H16N2O3S. The highest BCUT2D eigenvalue weighted by atomic mass is 32.2. The Kier molecular flexibility index (Phi) is 3.68. The maximum Gasteiger partial charge on any atom is 0.228 e. The lowest BCUT2D eigenvalue weighted by molar-refractivity contribution is -0.119. The normalized spacial score (nSPS) is 19.7. The van der Waals surface area contributed by atoms with Crippen LogP contribution in [0.4, 0.5) is 5.69 Å². The van der Waals surface area contributed by atoms with Crippen molar-refractivity contribution in [3.8, 4) is 0 Å². The van der Waals surface area contributed by atoms with E-state index in [0.29, 0.717) is 12.2 Å². The topological polar surface area (TPSA) is 75.3 Å². The van der Waals surface area contributed by atoms with Gasteiger partial charge in [-0.2, -0.15) is 0 Å². The molecule has 1 aliphatic heterocycles. The molecule has 1 atom stereocenters. The van der Waals surface area contributed by atoms with Gasteiger partial charge in [0.15, 0.2) is 9.84 Å². The molecule has 1 aromatic rings. The van der Waals surface area contributed by atoms with E-state index in [4.69, 9.17) is 0 Å². The second-order valence-corrected chi connectivity index (χ2v) is 6.49. The Morgan fingerprint density at radius 1 is 1.44 bits per heavy atom. The number of carbonyl (C=O) groups excluding carboxylic acids is 1. The van der Waals surface area contributed by atoms with Crippen LogP contribution in [0.3, 0.4) is 0 Å². The summed E-state index contributed by atoms with van der Waals surface area (Å²) >= 11 is 0. The van der Waals surface area contributed by atoms with E-state index in [1.54, 1.807) is 12.1 Å². The van der Waals surface area contributed by atoms with Gasteiger partial charge in [0.2, 0.25) is 5.91 Å². The van der Waals surface area contributed by atoms with Crippen molar-refractivity contribution in [3.05, 3.63) is 24.3 Å². The Balaban J connectivity index is 2.12. The quantitative estimate of drug-likeness (QED) is 0.843. The molecule has 1 amide bonds.